The van der Waals surface area contributed by atoms with Gasteiger partial charge in [-0.2, -0.15) is 0 Å². The van der Waals surface area contributed by atoms with Crippen LogP contribution in [0.2, 0.25) is 10.5 Å². The molecule has 3 heteroatoms. The van der Waals surface area contributed by atoms with Crippen LogP contribution < -0.4 is 3.80 Å². The zero-order chi connectivity index (χ0) is 29.5. The van der Waals surface area contributed by atoms with Crippen molar-refractivity contribution < 1.29 is 14.3 Å². The molecule has 0 saturated heterocycles. The maximum absolute atomic E-state index is 4.11. The van der Waals surface area contributed by atoms with E-state index in [0.29, 0.717) is 4.22 Å². The van der Waals surface area contributed by atoms with Crippen LogP contribution in [0.15, 0.2) is 127 Å². The molecule has 1 N–H and O–H groups in total. The van der Waals surface area contributed by atoms with Crippen molar-refractivity contribution in [2.75, 3.05) is 0 Å². The Morgan fingerprint density at radius 1 is 0.683 bits per heavy atom. The van der Waals surface area contributed by atoms with Gasteiger partial charge in [0.1, 0.15) is 0 Å². The molecule has 0 aliphatic heterocycles. The fraction of sp³-hybridized carbons (Fsp3) is 0.211. The average molecular weight is 592 g/mol. The van der Waals surface area contributed by atoms with E-state index in [4.69, 9.17) is 0 Å². The van der Waals surface area contributed by atoms with Crippen molar-refractivity contribution >= 4 is 25.9 Å². The monoisotopic (exact) mass is 591 g/mol. The van der Waals surface area contributed by atoms with Crippen molar-refractivity contribution in [2.24, 2.45) is 0 Å². The summed E-state index contributed by atoms with van der Waals surface area (Å²) in [6.07, 6.45) is 10.8. The van der Waals surface area contributed by atoms with E-state index in [-0.39, 0.29) is 5.54 Å². The summed E-state index contributed by atoms with van der Waals surface area (Å²) in [7, 11) is 2.28. The summed E-state index contributed by atoms with van der Waals surface area (Å²) in [5.74, 6) is 0. The third-order valence-corrected chi connectivity index (χ3v) is 16.3. The molecule has 0 radical (unpaired) electrons. The van der Waals surface area contributed by atoms with Gasteiger partial charge in [0.05, 0.1) is 0 Å². The van der Waals surface area contributed by atoms with Crippen molar-refractivity contribution in [1.82, 2.24) is 3.80 Å². The van der Waals surface area contributed by atoms with E-state index in [1.807, 2.05) is 36.4 Å². The third kappa shape index (κ3) is 8.50. The molecule has 1 aliphatic carbocycles. The van der Waals surface area contributed by atoms with Gasteiger partial charge in [-0.3, -0.25) is 0 Å². The number of benzene rings is 4. The van der Waals surface area contributed by atoms with Gasteiger partial charge in [0.2, 0.25) is 0 Å². The summed E-state index contributed by atoms with van der Waals surface area (Å²) < 4.78 is 4.66. The molecular formula is C38H45NSiTi. The topological polar surface area (TPSA) is 12.0 Å². The minimum absolute atomic E-state index is 0.141. The molecule has 210 valence electrons. The molecule has 1 unspecified atom stereocenters. The summed E-state index contributed by atoms with van der Waals surface area (Å²) in [6, 6.07) is 38.2. The van der Waals surface area contributed by atoms with Gasteiger partial charge in [0, 0.05) is 0 Å². The van der Waals surface area contributed by atoms with Crippen LogP contribution in [0, 0.1) is 0 Å². The van der Waals surface area contributed by atoms with E-state index in [2.05, 4.69) is 153 Å². The molecule has 0 aromatic heterocycles. The average Bonchev–Trinajstić information content (AvgIpc) is 3.29. The number of nitrogens with one attached hydrogen (secondary N) is 1. The zero-order valence-corrected chi connectivity index (χ0v) is 28.5. The molecule has 0 heterocycles. The second kappa shape index (κ2) is 12.9. The Hall–Kier alpha value is -3.01. The molecule has 4 aromatic rings. The number of hydrogen-bond donors (Lipinski definition) is 1. The summed E-state index contributed by atoms with van der Waals surface area (Å²) >= 11 is -2.92. The molecule has 0 fully saturated rings. The molecule has 1 nitrogen and oxygen atoms in total. The van der Waals surface area contributed by atoms with Crippen molar-refractivity contribution in [3.63, 3.8) is 0 Å². The summed E-state index contributed by atoms with van der Waals surface area (Å²) in [5, 5.41) is 5.10. The Morgan fingerprint density at radius 3 is 1.66 bits per heavy atom. The third-order valence-electron chi connectivity index (χ3n) is 7.36. The Kier molecular flexibility index (Phi) is 9.72. The molecule has 1 aliphatic rings. The molecule has 0 amide bonds. The molecule has 4 aromatic carbocycles. The second-order valence-electron chi connectivity index (χ2n) is 13.2. The fourth-order valence-electron chi connectivity index (χ4n) is 6.42. The van der Waals surface area contributed by atoms with Crippen molar-refractivity contribution in [2.45, 2.75) is 47.9 Å². The SMILES string of the molecule is C(C=Cc1ccccc1)=Cc1ccccc1.CC1=Cc2c(-c3ccccc3)cccc2[CH]1[Ti]([CH3])([CH3])(=[SiH2])[NH]C(C)(C)C. The molecule has 0 saturated carbocycles. The molecule has 5 rings (SSSR count). The van der Waals surface area contributed by atoms with Gasteiger partial charge in [-0.15, -0.1) is 0 Å². The van der Waals surface area contributed by atoms with E-state index in [9.17, 15) is 0 Å². The van der Waals surface area contributed by atoms with Gasteiger partial charge in [0.15, 0.2) is 0 Å². The van der Waals surface area contributed by atoms with Crippen LogP contribution in [0.4, 0.5) is 0 Å². The molecule has 41 heavy (non-hydrogen) atoms. The van der Waals surface area contributed by atoms with E-state index >= 15 is 0 Å². The van der Waals surface area contributed by atoms with Crippen LogP contribution >= 0.6 is 0 Å². The van der Waals surface area contributed by atoms with Crippen LogP contribution in [0.3, 0.4) is 0 Å². The summed E-state index contributed by atoms with van der Waals surface area (Å²) in [4.78, 5) is 0. The Morgan fingerprint density at radius 2 is 1.17 bits per heavy atom. The van der Waals surface area contributed by atoms with Gasteiger partial charge < -0.3 is 0 Å². The predicted octanol–water partition coefficient (Wildman–Crippen LogP) is 9.86. The molecular weight excluding hydrogens is 546 g/mol. The summed E-state index contributed by atoms with van der Waals surface area (Å²) in [5.41, 5.74) is 9.73. The predicted molar refractivity (Wildman–Crippen MR) is 182 cm³/mol. The second-order valence-corrected chi connectivity index (χ2v) is 32.3. The number of allylic oxidation sites excluding steroid dienone is 3. The van der Waals surface area contributed by atoms with Crippen LogP contribution in [-0.2, 0) is 14.3 Å². The van der Waals surface area contributed by atoms with E-state index in [1.54, 1.807) is 0 Å². The number of rotatable bonds is 6. The quantitative estimate of drug-likeness (QED) is 0.174. The normalized spacial score (nSPS) is 15.4. The van der Waals surface area contributed by atoms with E-state index in [1.165, 1.54) is 39.0 Å². The van der Waals surface area contributed by atoms with Crippen LogP contribution in [0.25, 0.3) is 29.4 Å². The van der Waals surface area contributed by atoms with Crippen molar-refractivity contribution in [3.8, 4) is 11.1 Å². The minimum atomic E-state index is -2.92. The zero-order valence-electron chi connectivity index (χ0n) is 25.6. The molecule has 0 bridgehead atoms. The van der Waals surface area contributed by atoms with Gasteiger partial charge in [-0.25, -0.2) is 0 Å². The van der Waals surface area contributed by atoms with E-state index in [0.717, 1.165) is 0 Å². The number of hydrogen-bond acceptors (Lipinski definition) is 1. The van der Waals surface area contributed by atoms with E-state index < -0.39 is 14.3 Å². The first-order valence-corrected chi connectivity index (χ1v) is 23.4. The maximum atomic E-state index is 4.11. The molecule has 0 spiro atoms. The molecule has 1 atom stereocenters. The van der Waals surface area contributed by atoms with Crippen LogP contribution in [-0.4, -0.2) is 13.2 Å². The first-order chi connectivity index (χ1) is 19.4. The van der Waals surface area contributed by atoms with Crippen molar-refractivity contribution in [3.05, 3.63) is 149 Å². The van der Waals surface area contributed by atoms with Gasteiger partial charge in [-0.05, 0) is 11.1 Å². The standard InChI is InChI=1S/C16H13.C16H14.C4H10N.2CH3.H2Si.Ti/c1-12-10-14-8-5-9-15(16(14)11-12)13-6-3-2-4-7-13;1-3-9-15(10-4-1)13-7-8-14-16-11-5-2-6-12-16;1-4(2,3)5;;;;/h2-11H,1H3;1-14H;5H,1-3H3;2*1H3;1H2;/q;;-1;;;;+1. The van der Waals surface area contributed by atoms with Crippen molar-refractivity contribution in [1.29, 1.82) is 0 Å². The van der Waals surface area contributed by atoms with Crippen LogP contribution in [0.5, 0.6) is 0 Å². The Bertz CT molecular complexity index is 1550. The van der Waals surface area contributed by atoms with Crippen LogP contribution in [0.1, 0.15) is 54.2 Å². The number of fused-ring (bicyclic) bond motifs is 1. The van der Waals surface area contributed by atoms with Gasteiger partial charge in [0.25, 0.3) is 0 Å². The Labute approximate surface area is 250 Å². The first-order valence-electron chi connectivity index (χ1n) is 14.6. The Balaban J connectivity index is 0.000000208. The van der Waals surface area contributed by atoms with Gasteiger partial charge >= 0.3 is 156 Å². The summed E-state index contributed by atoms with van der Waals surface area (Å²) in [6.45, 7) is 9.22. The van der Waals surface area contributed by atoms with Gasteiger partial charge in [-0.1, -0.05) is 85.0 Å². The fourth-order valence-corrected chi connectivity index (χ4v) is 19.3. The first kappa shape index (κ1) is 30.9.